The fourth-order valence-corrected chi connectivity index (χ4v) is 3.30. The molecule has 0 aromatic carbocycles. The van der Waals surface area contributed by atoms with Crippen LogP contribution in [0.5, 0.6) is 0 Å². The Morgan fingerprint density at radius 1 is 1.13 bits per heavy atom. The number of ether oxygens (including phenoxy) is 2. The standard InChI is InChI=1S/C13H25N3O6S/c1-10(11(17)21-5)14-23(19,20)16-8-6-15(7-9-16)12(18)22-13(2,3)4/h10,14H,6-9H2,1-5H3/t10-/m1/s1. The molecule has 134 valence electrons. The van der Waals surface area contributed by atoms with Crippen LogP contribution in [-0.2, 0) is 24.5 Å². The maximum Gasteiger partial charge on any atom is 0.410 e. The number of esters is 1. The number of hydrogen-bond acceptors (Lipinski definition) is 6. The quantitative estimate of drug-likeness (QED) is 0.711. The van der Waals surface area contributed by atoms with Gasteiger partial charge in [0.05, 0.1) is 7.11 Å². The van der Waals surface area contributed by atoms with E-state index in [2.05, 4.69) is 9.46 Å². The highest BCUT2D eigenvalue weighted by Crippen LogP contribution is 2.13. The van der Waals surface area contributed by atoms with E-state index in [9.17, 15) is 18.0 Å². The van der Waals surface area contributed by atoms with Crippen LogP contribution in [0.25, 0.3) is 0 Å². The fraction of sp³-hybridized carbons (Fsp3) is 0.846. The third-order valence-corrected chi connectivity index (χ3v) is 4.81. The summed E-state index contributed by atoms with van der Waals surface area (Å²) in [6, 6.07) is -0.978. The molecule has 1 fully saturated rings. The van der Waals surface area contributed by atoms with Crippen LogP contribution in [0.4, 0.5) is 4.79 Å². The van der Waals surface area contributed by atoms with Gasteiger partial charge in [0.25, 0.3) is 10.2 Å². The van der Waals surface area contributed by atoms with E-state index in [4.69, 9.17) is 4.74 Å². The Hall–Kier alpha value is -1.39. The highest BCUT2D eigenvalue weighted by atomic mass is 32.2. The number of amides is 1. The van der Waals surface area contributed by atoms with Gasteiger partial charge in [-0.2, -0.15) is 17.4 Å². The molecule has 10 heteroatoms. The fourth-order valence-electron chi connectivity index (χ4n) is 1.96. The van der Waals surface area contributed by atoms with Gasteiger partial charge in [0.15, 0.2) is 0 Å². The molecule has 0 saturated carbocycles. The predicted molar refractivity (Wildman–Crippen MR) is 82.9 cm³/mol. The van der Waals surface area contributed by atoms with Crippen molar-refractivity contribution >= 4 is 22.3 Å². The summed E-state index contributed by atoms with van der Waals surface area (Å²) in [7, 11) is -2.63. The lowest BCUT2D eigenvalue weighted by molar-refractivity contribution is -0.142. The van der Waals surface area contributed by atoms with E-state index in [1.165, 1.54) is 23.2 Å². The van der Waals surface area contributed by atoms with E-state index in [0.717, 1.165) is 0 Å². The summed E-state index contributed by atoms with van der Waals surface area (Å²) in [5.41, 5.74) is -0.599. The largest absolute Gasteiger partial charge is 0.468 e. The lowest BCUT2D eigenvalue weighted by Gasteiger charge is -2.35. The van der Waals surface area contributed by atoms with Crippen LogP contribution in [-0.4, -0.2) is 74.6 Å². The van der Waals surface area contributed by atoms with Crippen molar-refractivity contribution < 1.29 is 27.5 Å². The summed E-state index contributed by atoms with van der Waals surface area (Å²) in [5.74, 6) is -0.666. The van der Waals surface area contributed by atoms with Crippen LogP contribution in [0.2, 0.25) is 0 Å². The van der Waals surface area contributed by atoms with Crippen molar-refractivity contribution in [2.75, 3.05) is 33.3 Å². The smallest absolute Gasteiger partial charge is 0.410 e. The van der Waals surface area contributed by atoms with E-state index in [1.807, 2.05) is 0 Å². The van der Waals surface area contributed by atoms with Crippen molar-refractivity contribution in [3.8, 4) is 0 Å². The lowest BCUT2D eigenvalue weighted by atomic mass is 10.2. The predicted octanol–water partition coefficient (Wildman–Crippen LogP) is -0.0650. The third-order valence-electron chi connectivity index (χ3n) is 3.11. The zero-order valence-corrected chi connectivity index (χ0v) is 15.0. The summed E-state index contributed by atoms with van der Waals surface area (Å²) in [5, 5.41) is 0. The van der Waals surface area contributed by atoms with Gasteiger partial charge < -0.3 is 14.4 Å². The molecule has 1 atom stereocenters. The summed E-state index contributed by atoms with van der Waals surface area (Å²) in [4.78, 5) is 24.7. The molecule has 9 nitrogen and oxygen atoms in total. The molecule has 0 bridgehead atoms. The zero-order chi connectivity index (χ0) is 17.8. The maximum atomic E-state index is 12.2. The van der Waals surface area contributed by atoms with Gasteiger partial charge in [0.1, 0.15) is 11.6 Å². The average molecular weight is 351 g/mol. The highest BCUT2D eigenvalue weighted by Gasteiger charge is 2.32. The molecule has 23 heavy (non-hydrogen) atoms. The van der Waals surface area contributed by atoms with E-state index in [-0.39, 0.29) is 26.2 Å². The van der Waals surface area contributed by atoms with Crippen molar-refractivity contribution in [3.05, 3.63) is 0 Å². The molecular formula is C13H25N3O6S. The van der Waals surface area contributed by atoms with Gasteiger partial charge in [-0.05, 0) is 27.7 Å². The first-order valence-corrected chi connectivity index (χ1v) is 8.73. The van der Waals surface area contributed by atoms with Gasteiger partial charge in [-0.25, -0.2) is 4.79 Å². The number of carbonyl (C=O) groups excluding carboxylic acids is 2. The molecular weight excluding hydrogens is 326 g/mol. The van der Waals surface area contributed by atoms with E-state index in [1.54, 1.807) is 20.8 Å². The maximum absolute atomic E-state index is 12.2. The third kappa shape index (κ3) is 5.96. The Kier molecular flexibility index (Phi) is 6.37. The first-order chi connectivity index (χ1) is 10.5. The van der Waals surface area contributed by atoms with Gasteiger partial charge in [-0.1, -0.05) is 0 Å². The molecule has 0 radical (unpaired) electrons. The van der Waals surface area contributed by atoms with E-state index in [0.29, 0.717) is 0 Å². The number of carbonyl (C=O) groups is 2. The van der Waals surface area contributed by atoms with Crippen molar-refractivity contribution in [1.82, 2.24) is 13.9 Å². The van der Waals surface area contributed by atoms with Crippen LogP contribution in [0.1, 0.15) is 27.7 Å². The molecule has 0 aromatic rings. The van der Waals surface area contributed by atoms with Crippen LogP contribution < -0.4 is 4.72 Å². The highest BCUT2D eigenvalue weighted by molar-refractivity contribution is 7.87. The Bertz CT molecular complexity index is 534. The lowest BCUT2D eigenvalue weighted by Crippen LogP contribution is -2.55. The minimum Gasteiger partial charge on any atom is -0.468 e. The normalized spacial score (nSPS) is 18.4. The first kappa shape index (κ1) is 19.7. The number of nitrogens with zero attached hydrogens (tertiary/aromatic N) is 2. The molecule has 0 aliphatic carbocycles. The topological polar surface area (TPSA) is 105 Å². The number of hydrogen-bond donors (Lipinski definition) is 1. The van der Waals surface area contributed by atoms with Gasteiger partial charge >= 0.3 is 12.1 Å². The number of rotatable bonds is 4. The molecule has 0 aromatic heterocycles. The Morgan fingerprint density at radius 3 is 2.09 bits per heavy atom. The molecule has 0 spiro atoms. The Labute approximate surface area is 137 Å². The molecule has 1 heterocycles. The Morgan fingerprint density at radius 2 is 1.65 bits per heavy atom. The van der Waals surface area contributed by atoms with Gasteiger partial charge in [0, 0.05) is 26.2 Å². The summed E-state index contributed by atoms with van der Waals surface area (Å²) >= 11 is 0. The van der Waals surface area contributed by atoms with Gasteiger partial charge in [-0.15, -0.1) is 0 Å². The number of methoxy groups -OCH3 is 1. The summed E-state index contributed by atoms with van der Waals surface area (Å²) in [6.07, 6.45) is -0.467. The second kappa shape index (κ2) is 7.45. The number of piperazine rings is 1. The van der Waals surface area contributed by atoms with Crippen molar-refractivity contribution in [1.29, 1.82) is 0 Å². The zero-order valence-electron chi connectivity index (χ0n) is 14.2. The van der Waals surface area contributed by atoms with Gasteiger partial charge in [0.2, 0.25) is 0 Å². The van der Waals surface area contributed by atoms with Crippen molar-refractivity contribution in [2.45, 2.75) is 39.3 Å². The molecule has 1 rings (SSSR count). The SMILES string of the molecule is COC(=O)[C@@H](C)NS(=O)(=O)N1CCN(C(=O)OC(C)(C)C)CC1. The van der Waals surface area contributed by atoms with E-state index >= 15 is 0 Å². The van der Waals surface area contributed by atoms with Crippen molar-refractivity contribution in [2.24, 2.45) is 0 Å². The molecule has 1 aliphatic heterocycles. The second-order valence-corrected chi connectivity index (χ2v) is 7.94. The Balaban J connectivity index is 2.58. The molecule has 1 amide bonds. The average Bonchev–Trinajstić information content (AvgIpc) is 2.44. The van der Waals surface area contributed by atoms with Crippen LogP contribution in [0.3, 0.4) is 0 Å². The summed E-state index contributed by atoms with van der Waals surface area (Å²) < 4.78 is 37.6. The first-order valence-electron chi connectivity index (χ1n) is 7.29. The second-order valence-electron chi connectivity index (χ2n) is 6.23. The molecule has 1 N–H and O–H groups in total. The molecule has 1 aliphatic rings. The van der Waals surface area contributed by atoms with Crippen LogP contribution >= 0.6 is 0 Å². The van der Waals surface area contributed by atoms with Crippen LogP contribution in [0.15, 0.2) is 0 Å². The minimum absolute atomic E-state index is 0.127. The summed E-state index contributed by atoms with van der Waals surface area (Å²) in [6.45, 7) is 7.41. The van der Waals surface area contributed by atoms with Crippen LogP contribution in [0, 0.1) is 0 Å². The monoisotopic (exact) mass is 351 g/mol. The number of nitrogens with one attached hydrogen (secondary N) is 1. The van der Waals surface area contributed by atoms with Gasteiger partial charge in [-0.3, -0.25) is 4.79 Å². The molecule has 0 unspecified atom stereocenters. The van der Waals surface area contributed by atoms with E-state index < -0.39 is 33.9 Å². The molecule has 1 saturated heterocycles. The van der Waals surface area contributed by atoms with Crippen molar-refractivity contribution in [3.63, 3.8) is 0 Å². The minimum atomic E-state index is -3.82.